The summed E-state index contributed by atoms with van der Waals surface area (Å²) in [5, 5.41) is 2.73. The lowest BCUT2D eigenvalue weighted by Gasteiger charge is -2.23. The number of nitrogens with zero attached hydrogens (tertiary/aromatic N) is 1. The monoisotopic (exact) mass is 470 g/mol. The lowest BCUT2D eigenvalue weighted by atomic mass is 10.1. The summed E-state index contributed by atoms with van der Waals surface area (Å²) in [4.78, 5) is 12.9. The van der Waals surface area contributed by atoms with E-state index in [1.807, 2.05) is 6.07 Å². The van der Waals surface area contributed by atoms with E-state index in [1.165, 1.54) is 49.9 Å². The van der Waals surface area contributed by atoms with Gasteiger partial charge in [-0.3, -0.25) is 9.10 Å². The Kier molecular flexibility index (Phi) is 7.44. The zero-order valence-electron chi connectivity index (χ0n) is 18.9. The molecule has 0 saturated heterocycles. The lowest BCUT2D eigenvalue weighted by molar-refractivity contribution is 0.102. The Morgan fingerprint density at radius 1 is 0.848 bits per heavy atom. The summed E-state index contributed by atoms with van der Waals surface area (Å²) in [6, 6.07) is 17.9. The molecular formula is C24H26N2O6S. The van der Waals surface area contributed by atoms with Crippen molar-refractivity contribution in [3.05, 3.63) is 72.3 Å². The number of anilines is 2. The smallest absolute Gasteiger partial charge is 0.264 e. The first-order valence-corrected chi connectivity index (χ1v) is 11.6. The number of hydrogen-bond donors (Lipinski definition) is 1. The van der Waals surface area contributed by atoms with Crippen LogP contribution in [0.25, 0.3) is 0 Å². The molecular weight excluding hydrogens is 444 g/mol. The van der Waals surface area contributed by atoms with E-state index >= 15 is 0 Å². The predicted octanol–water partition coefficient (Wildman–Crippen LogP) is 4.18. The zero-order chi connectivity index (χ0) is 24.0. The first-order chi connectivity index (χ1) is 15.8. The quantitative estimate of drug-likeness (QED) is 0.504. The average molecular weight is 471 g/mol. The maximum absolute atomic E-state index is 13.4. The molecule has 174 valence electrons. The van der Waals surface area contributed by atoms with Crippen molar-refractivity contribution in [1.29, 1.82) is 0 Å². The topological polar surface area (TPSA) is 94.2 Å². The van der Waals surface area contributed by atoms with E-state index in [1.54, 1.807) is 43.3 Å². The summed E-state index contributed by atoms with van der Waals surface area (Å²) in [6.45, 7) is 2.00. The van der Waals surface area contributed by atoms with Gasteiger partial charge in [-0.25, -0.2) is 8.42 Å². The van der Waals surface area contributed by atoms with Crippen LogP contribution in [0.2, 0.25) is 0 Å². The minimum atomic E-state index is -3.88. The molecule has 0 fully saturated rings. The van der Waals surface area contributed by atoms with Crippen LogP contribution < -0.4 is 23.8 Å². The molecule has 33 heavy (non-hydrogen) atoms. The molecule has 1 amide bonds. The van der Waals surface area contributed by atoms with Crippen LogP contribution in [0.4, 0.5) is 11.4 Å². The Labute approximate surface area is 193 Å². The number of carbonyl (C=O) groups excluding carboxylic acids is 1. The van der Waals surface area contributed by atoms with Crippen molar-refractivity contribution in [3.63, 3.8) is 0 Å². The second-order valence-corrected chi connectivity index (χ2v) is 8.75. The highest BCUT2D eigenvalue weighted by Gasteiger charge is 2.25. The largest absolute Gasteiger partial charge is 0.495 e. The Morgan fingerprint density at radius 3 is 2.09 bits per heavy atom. The van der Waals surface area contributed by atoms with Crippen molar-refractivity contribution in [3.8, 4) is 17.2 Å². The van der Waals surface area contributed by atoms with Crippen LogP contribution in [-0.2, 0) is 10.0 Å². The molecule has 8 nitrogen and oxygen atoms in total. The number of rotatable bonds is 9. The first kappa shape index (κ1) is 23.9. The zero-order valence-corrected chi connectivity index (χ0v) is 19.7. The standard InChI is InChI=1S/C24H26N2O6S/c1-5-26(18-9-7-6-8-10-18)33(28,29)19-12-14-21(30-2)20(16-19)25-24(27)17-11-13-22(31-3)23(15-17)32-4/h6-16H,5H2,1-4H3,(H,25,27). The van der Waals surface area contributed by atoms with E-state index in [0.29, 0.717) is 28.5 Å². The van der Waals surface area contributed by atoms with Gasteiger partial charge in [0.15, 0.2) is 11.5 Å². The van der Waals surface area contributed by atoms with Crippen molar-refractivity contribution in [2.75, 3.05) is 37.5 Å². The fraction of sp³-hybridized carbons (Fsp3) is 0.208. The summed E-state index contributed by atoms with van der Waals surface area (Å²) in [7, 11) is 0.539. The number of hydrogen-bond acceptors (Lipinski definition) is 6. The second-order valence-electron chi connectivity index (χ2n) is 6.89. The molecule has 0 unspecified atom stereocenters. The molecule has 0 atom stereocenters. The van der Waals surface area contributed by atoms with Crippen LogP contribution in [0.3, 0.4) is 0 Å². The Balaban J connectivity index is 1.96. The van der Waals surface area contributed by atoms with Gasteiger partial charge in [0.1, 0.15) is 5.75 Å². The fourth-order valence-electron chi connectivity index (χ4n) is 3.33. The molecule has 0 bridgehead atoms. The number of para-hydroxylation sites is 1. The molecule has 0 saturated carbocycles. The number of nitrogens with one attached hydrogen (secondary N) is 1. The molecule has 3 aromatic carbocycles. The molecule has 0 aliphatic heterocycles. The Bertz CT molecular complexity index is 1230. The van der Waals surface area contributed by atoms with Gasteiger partial charge in [0.05, 0.1) is 37.6 Å². The van der Waals surface area contributed by atoms with Gasteiger partial charge in [-0.2, -0.15) is 0 Å². The van der Waals surface area contributed by atoms with Crippen LogP contribution in [0, 0.1) is 0 Å². The lowest BCUT2D eigenvalue weighted by Crippen LogP contribution is -2.30. The van der Waals surface area contributed by atoms with Gasteiger partial charge < -0.3 is 19.5 Å². The van der Waals surface area contributed by atoms with Gasteiger partial charge in [-0.05, 0) is 55.5 Å². The molecule has 0 radical (unpaired) electrons. The summed E-state index contributed by atoms with van der Waals surface area (Å²) < 4.78 is 43.8. The van der Waals surface area contributed by atoms with Gasteiger partial charge in [0.2, 0.25) is 0 Å². The number of amides is 1. The Hall–Kier alpha value is -3.72. The highest BCUT2D eigenvalue weighted by molar-refractivity contribution is 7.92. The third-order valence-electron chi connectivity index (χ3n) is 4.98. The highest BCUT2D eigenvalue weighted by atomic mass is 32.2. The Morgan fingerprint density at radius 2 is 1.48 bits per heavy atom. The van der Waals surface area contributed by atoms with Crippen molar-refractivity contribution in [2.45, 2.75) is 11.8 Å². The third-order valence-corrected chi connectivity index (χ3v) is 6.88. The minimum absolute atomic E-state index is 0.0246. The van der Waals surface area contributed by atoms with Crippen molar-refractivity contribution in [2.24, 2.45) is 0 Å². The normalized spacial score (nSPS) is 10.9. The van der Waals surface area contributed by atoms with Crippen molar-refractivity contribution in [1.82, 2.24) is 0 Å². The fourth-order valence-corrected chi connectivity index (χ4v) is 4.83. The summed E-state index contributed by atoms with van der Waals surface area (Å²) in [5.74, 6) is 0.750. The summed E-state index contributed by atoms with van der Waals surface area (Å²) >= 11 is 0. The van der Waals surface area contributed by atoms with E-state index in [9.17, 15) is 13.2 Å². The van der Waals surface area contributed by atoms with E-state index in [0.717, 1.165) is 0 Å². The van der Waals surface area contributed by atoms with Crippen molar-refractivity contribution < 1.29 is 27.4 Å². The number of benzene rings is 3. The summed E-state index contributed by atoms with van der Waals surface area (Å²) in [5.41, 5.74) is 1.08. The average Bonchev–Trinajstić information content (AvgIpc) is 2.84. The summed E-state index contributed by atoms with van der Waals surface area (Å²) in [6.07, 6.45) is 0. The molecule has 0 aliphatic carbocycles. The number of carbonyl (C=O) groups is 1. The molecule has 1 N–H and O–H groups in total. The molecule has 3 rings (SSSR count). The predicted molar refractivity (Wildman–Crippen MR) is 127 cm³/mol. The molecule has 0 aliphatic rings. The van der Waals surface area contributed by atoms with Gasteiger partial charge in [-0.1, -0.05) is 18.2 Å². The van der Waals surface area contributed by atoms with E-state index in [2.05, 4.69) is 5.32 Å². The van der Waals surface area contributed by atoms with Gasteiger partial charge in [0, 0.05) is 12.1 Å². The first-order valence-electron chi connectivity index (χ1n) is 10.1. The van der Waals surface area contributed by atoms with Gasteiger partial charge >= 0.3 is 0 Å². The van der Waals surface area contributed by atoms with Crippen LogP contribution in [-0.4, -0.2) is 42.2 Å². The maximum atomic E-state index is 13.4. The van der Waals surface area contributed by atoms with E-state index < -0.39 is 15.9 Å². The SMILES string of the molecule is CCN(c1ccccc1)S(=O)(=O)c1ccc(OC)c(NC(=O)c2ccc(OC)c(OC)c2)c1. The van der Waals surface area contributed by atoms with Crippen LogP contribution in [0.1, 0.15) is 17.3 Å². The van der Waals surface area contributed by atoms with Crippen LogP contribution in [0.15, 0.2) is 71.6 Å². The van der Waals surface area contributed by atoms with E-state index in [-0.39, 0.29) is 17.1 Å². The molecule has 3 aromatic rings. The highest BCUT2D eigenvalue weighted by Crippen LogP contribution is 2.32. The van der Waals surface area contributed by atoms with Gasteiger partial charge in [-0.15, -0.1) is 0 Å². The number of ether oxygens (including phenoxy) is 3. The van der Waals surface area contributed by atoms with E-state index in [4.69, 9.17) is 14.2 Å². The second kappa shape index (κ2) is 10.3. The number of sulfonamides is 1. The van der Waals surface area contributed by atoms with Crippen LogP contribution >= 0.6 is 0 Å². The molecule has 0 spiro atoms. The number of methoxy groups -OCH3 is 3. The molecule has 9 heteroatoms. The third kappa shape index (κ3) is 5.04. The maximum Gasteiger partial charge on any atom is 0.264 e. The van der Waals surface area contributed by atoms with Crippen LogP contribution in [0.5, 0.6) is 17.2 Å². The van der Waals surface area contributed by atoms with Gasteiger partial charge in [0.25, 0.3) is 15.9 Å². The molecule has 0 aromatic heterocycles. The van der Waals surface area contributed by atoms with Crippen molar-refractivity contribution >= 4 is 27.3 Å². The molecule has 0 heterocycles. The minimum Gasteiger partial charge on any atom is -0.495 e.